The van der Waals surface area contributed by atoms with Crippen molar-refractivity contribution in [3.05, 3.63) is 76.6 Å². The first-order valence-corrected chi connectivity index (χ1v) is 10.5. The van der Waals surface area contributed by atoms with Crippen molar-refractivity contribution in [2.45, 2.75) is 31.6 Å². The summed E-state index contributed by atoms with van der Waals surface area (Å²) in [6.45, 7) is 1.79. The van der Waals surface area contributed by atoms with Crippen LogP contribution in [0.1, 0.15) is 34.5 Å². The Morgan fingerprint density at radius 3 is 2.59 bits per heavy atom. The van der Waals surface area contributed by atoms with Gasteiger partial charge in [-0.25, -0.2) is 4.68 Å². The van der Waals surface area contributed by atoms with E-state index in [4.69, 9.17) is 11.6 Å². The molecule has 0 bridgehead atoms. The zero-order valence-electron chi connectivity index (χ0n) is 17.0. The fourth-order valence-corrected chi connectivity index (χ4v) is 3.94. The van der Waals surface area contributed by atoms with E-state index < -0.39 is 11.7 Å². The third-order valence-electron chi connectivity index (χ3n) is 5.41. The SMILES string of the molecule is O=C(NC1CCN(Cc2cccc(C(F)(F)F)c2)CC1)c1cn(-c2ccccc2Cl)nn1. The number of hydrogen-bond acceptors (Lipinski definition) is 4. The maximum atomic E-state index is 12.9. The summed E-state index contributed by atoms with van der Waals surface area (Å²) in [7, 11) is 0. The molecule has 6 nitrogen and oxygen atoms in total. The monoisotopic (exact) mass is 463 g/mol. The molecule has 0 aliphatic carbocycles. The van der Waals surface area contributed by atoms with Gasteiger partial charge >= 0.3 is 6.18 Å². The van der Waals surface area contributed by atoms with Gasteiger partial charge in [0, 0.05) is 25.7 Å². The smallest absolute Gasteiger partial charge is 0.348 e. The van der Waals surface area contributed by atoms with Crippen LogP contribution in [0.25, 0.3) is 5.69 Å². The van der Waals surface area contributed by atoms with Crippen LogP contribution in [0.2, 0.25) is 5.02 Å². The Balaban J connectivity index is 1.30. The molecular weight excluding hydrogens is 443 g/mol. The third-order valence-corrected chi connectivity index (χ3v) is 5.73. The number of alkyl halides is 3. The predicted molar refractivity (Wildman–Crippen MR) is 114 cm³/mol. The largest absolute Gasteiger partial charge is 0.416 e. The van der Waals surface area contributed by atoms with Gasteiger partial charge in [-0.2, -0.15) is 13.2 Å². The Morgan fingerprint density at radius 1 is 1.12 bits per heavy atom. The average Bonchev–Trinajstić information content (AvgIpc) is 3.25. The summed E-state index contributed by atoms with van der Waals surface area (Å²) in [5.41, 5.74) is 0.806. The second-order valence-corrected chi connectivity index (χ2v) is 8.13. The number of amides is 1. The number of aromatic nitrogens is 3. The molecule has 1 aromatic heterocycles. The third kappa shape index (κ3) is 5.28. The number of hydrogen-bond donors (Lipinski definition) is 1. The van der Waals surface area contributed by atoms with Crippen molar-refractivity contribution in [1.82, 2.24) is 25.2 Å². The summed E-state index contributed by atoms with van der Waals surface area (Å²) >= 11 is 6.16. The van der Waals surface area contributed by atoms with Gasteiger partial charge in [0.2, 0.25) is 0 Å². The molecule has 3 aromatic rings. The highest BCUT2D eigenvalue weighted by atomic mass is 35.5. The quantitative estimate of drug-likeness (QED) is 0.611. The predicted octanol–water partition coefficient (Wildman–Crippen LogP) is 4.33. The highest BCUT2D eigenvalue weighted by Crippen LogP contribution is 2.30. The van der Waals surface area contributed by atoms with Gasteiger partial charge in [0.1, 0.15) is 0 Å². The van der Waals surface area contributed by atoms with Crippen molar-refractivity contribution in [2.75, 3.05) is 13.1 Å². The zero-order chi connectivity index (χ0) is 22.7. The lowest BCUT2D eigenvalue weighted by Gasteiger charge is -2.32. The maximum Gasteiger partial charge on any atom is 0.416 e. The molecule has 1 N–H and O–H groups in total. The van der Waals surface area contributed by atoms with Crippen molar-refractivity contribution >= 4 is 17.5 Å². The van der Waals surface area contributed by atoms with Crippen LogP contribution in [0, 0.1) is 0 Å². The first-order valence-electron chi connectivity index (χ1n) is 10.2. The first-order chi connectivity index (χ1) is 15.3. The molecule has 0 unspecified atom stereocenters. The highest BCUT2D eigenvalue weighted by molar-refractivity contribution is 6.32. The van der Waals surface area contributed by atoms with Crippen LogP contribution < -0.4 is 5.32 Å². The second kappa shape index (κ2) is 9.30. The minimum atomic E-state index is -4.35. The van der Waals surface area contributed by atoms with Gasteiger partial charge in [-0.05, 0) is 36.6 Å². The Bertz CT molecular complexity index is 1090. The number of nitrogens with zero attached hydrogens (tertiary/aromatic N) is 4. The summed E-state index contributed by atoms with van der Waals surface area (Å²) in [4.78, 5) is 14.7. The molecule has 2 aromatic carbocycles. The summed E-state index contributed by atoms with van der Waals surface area (Å²) in [5, 5.41) is 11.4. The summed E-state index contributed by atoms with van der Waals surface area (Å²) in [6, 6.07) is 12.5. The van der Waals surface area contributed by atoms with Crippen LogP contribution >= 0.6 is 11.6 Å². The number of carbonyl (C=O) groups is 1. The normalized spacial score (nSPS) is 15.6. The number of benzene rings is 2. The number of para-hydroxylation sites is 1. The summed E-state index contributed by atoms with van der Waals surface area (Å²) in [6.07, 6.45) is -1.42. The van der Waals surface area contributed by atoms with Gasteiger partial charge in [-0.3, -0.25) is 9.69 Å². The van der Waals surface area contributed by atoms with Gasteiger partial charge in [0.05, 0.1) is 22.5 Å². The Labute approximate surface area is 188 Å². The molecule has 1 saturated heterocycles. The van der Waals surface area contributed by atoms with Crippen LogP contribution in [0.15, 0.2) is 54.7 Å². The van der Waals surface area contributed by atoms with E-state index in [2.05, 4.69) is 20.5 Å². The maximum absolute atomic E-state index is 12.9. The van der Waals surface area contributed by atoms with E-state index >= 15 is 0 Å². The van der Waals surface area contributed by atoms with Crippen molar-refractivity contribution in [3.63, 3.8) is 0 Å². The van der Waals surface area contributed by atoms with E-state index in [-0.39, 0.29) is 17.6 Å². The molecule has 168 valence electrons. The molecule has 0 radical (unpaired) electrons. The van der Waals surface area contributed by atoms with Gasteiger partial charge in [-0.1, -0.05) is 47.1 Å². The van der Waals surface area contributed by atoms with Crippen LogP contribution in [-0.2, 0) is 12.7 Å². The number of nitrogens with one attached hydrogen (secondary N) is 1. The number of halogens is 4. The van der Waals surface area contributed by atoms with Gasteiger partial charge in [0.15, 0.2) is 5.69 Å². The number of rotatable bonds is 5. The van der Waals surface area contributed by atoms with Gasteiger partial charge in [0.25, 0.3) is 5.91 Å². The minimum absolute atomic E-state index is 0.0364. The zero-order valence-corrected chi connectivity index (χ0v) is 17.8. The van der Waals surface area contributed by atoms with E-state index in [1.54, 1.807) is 24.3 Å². The molecule has 0 spiro atoms. The van der Waals surface area contributed by atoms with Crippen molar-refractivity contribution < 1.29 is 18.0 Å². The topological polar surface area (TPSA) is 63.1 Å². The molecule has 0 atom stereocenters. The van der Waals surface area contributed by atoms with Crippen molar-refractivity contribution in [1.29, 1.82) is 0 Å². The first kappa shape index (κ1) is 22.3. The van der Waals surface area contributed by atoms with Crippen LogP contribution in [0.5, 0.6) is 0 Å². The average molecular weight is 464 g/mol. The molecule has 4 rings (SSSR count). The molecule has 32 heavy (non-hydrogen) atoms. The molecule has 0 saturated carbocycles. The van der Waals surface area contributed by atoms with Crippen molar-refractivity contribution in [3.8, 4) is 5.69 Å². The van der Waals surface area contributed by atoms with E-state index in [1.165, 1.54) is 23.0 Å². The Hall–Kier alpha value is -2.91. The highest BCUT2D eigenvalue weighted by Gasteiger charge is 2.30. The minimum Gasteiger partial charge on any atom is -0.348 e. The molecule has 2 heterocycles. The van der Waals surface area contributed by atoms with Crippen LogP contribution in [0.3, 0.4) is 0 Å². The van der Waals surface area contributed by atoms with E-state index in [9.17, 15) is 18.0 Å². The fraction of sp³-hybridized carbons (Fsp3) is 0.318. The number of carbonyl (C=O) groups excluding carboxylic acids is 1. The van der Waals surface area contributed by atoms with Crippen LogP contribution in [-0.4, -0.2) is 44.9 Å². The lowest BCUT2D eigenvalue weighted by Crippen LogP contribution is -2.44. The molecular formula is C22H21ClF3N5O. The van der Waals surface area contributed by atoms with Gasteiger partial charge in [-0.15, -0.1) is 5.10 Å². The van der Waals surface area contributed by atoms with E-state index in [0.717, 1.165) is 6.07 Å². The van der Waals surface area contributed by atoms with Gasteiger partial charge < -0.3 is 5.32 Å². The molecule has 1 aliphatic rings. The molecule has 10 heteroatoms. The Kier molecular flexibility index (Phi) is 6.48. The van der Waals surface area contributed by atoms with E-state index in [0.29, 0.717) is 48.7 Å². The summed E-state index contributed by atoms with van der Waals surface area (Å²) < 4.78 is 40.2. The Morgan fingerprint density at radius 2 is 1.88 bits per heavy atom. The van der Waals surface area contributed by atoms with Crippen LogP contribution in [0.4, 0.5) is 13.2 Å². The number of likely N-dealkylation sites (tertiary alicyclic amines) is 1. The molecule has 1 fully saturated rings. The second-order valence-electron chi connectivity index (χ2n) is 7.72. The summed E-state index contributed by atoms with van der Waals surface area (Å²) in [5.74, 6) is -0.320. The molecule has 1 aliphatic heterocycles. The standard InChI is InChI=1S/C22H21ClF3N5O/c23-18-6-1-2-7-20(18)31-14-19(28-29-31)21(32)27-17-8-10-30(11-9-17)13-15-4-3-5-16(12-15)22(24,25)26/h1-7,12,14,17H,8-11,13H2,(H,27,32). The lowest BCUT2D eigenvalue weighted by molar-refractivity contribution is -0.137. The lowest BCUT2D eigenvalue weighted by atomic mass is 10.0. The van der Waals surface area contributed by atoms with Crippen molar-refractivity contribution in [2.24, 2.45) is 0 Å². The molecule has 1 amide bonds. The van der Waals surface area contributed by atoms with E-state index in [1.807, 2.05) is 6.07 Å². The number of piperidine rings is 1. The fourth-order valence-electron chi connectivity index (χ4n) is 3.72.